The molecule has 0 bridgehead atoms. The summed E-state index contributed by atoms with van der Waals surface area (Å²) in [4.78, 5) is 40.9. The van der Waals surface area contributed by atoms with E-state index in [4.69, 9.17) is 13.6 Å². The molecule has 0 heterocycles. The first kappa shape index (κ1) is 40.9. The Balaban J connectivity index is 6.10. The van der Waals surface area contributed by atoms with Crippen LogP contribution >= 0.6 is 0 Å². The molecule has 246 valence electrons. The van der Waals surface area contributed by atoms with Crippen LogP contribution in [0.5, 0.6) is 0 Å². The van der Waals surface area contributed by atoms with Crippen molar-refractivity contribution in [3.8, 4) is 0 Å². The molecule has 0 spiro atoms. The molecule has 0 saturated carbocycles. The van der Waals surface area contributed by atoms with E-state index in [1.165, 1.54) is 0 Å². The molecule has 0 radical (unpaired) electrons. The SMILES string of the molecule is CCC(O[Si](CC)(CC)CC)C(C)(C)C(=O)C(=O)/C(C)=C(\C)C(C)OC(=O)C(O[Si](CC)(CC)CC)[C@@H](C)CC(C)C. The molecular formula is C34H66O6Si2. The normalized spacial score (nSPS) is 16.5. The van der Waals surface area contributed by atoms with Crippen molar-refractivity contribution < 1.29 is 28.0 Å². The molecular weight excluding hydrogens is 561 g/mol. The number of carbonyl (C=O) groups is 3. The Morgan fingerprint density at radius 1 is 0.714 bits per heavy atom. The Morgan fingerprint density at radius 3 is 1.52 bits per heavy atom. The first-order valence-electron chi connectivity index (χ1n) is 16.7. The second-order valence-corrected chi connectivity index (χ2v) is 22.9. The van der Waals surface area contributed by atoms with E-state index in [2.05, 4.69) is 62.3 Å². The third-order valence-electron chi connectivity index (χ3n) is 10.0. The maximum absolute atomic E-state index is 13.7. The molecule has 0 aromatic heterocycles. The molecule has 0 fully saturated rings. The number of allylic oxidation sites excluding steroid dienone is 1. The fraction of sp³-hybridized carbons (Fsp3) is 0.853. The zero-order valence-electron chi connectivity index (χ0n) is 30.0. The zero-order chi connectivity index (χ0) is 33.1. The Hall–Kier alpha value is -1.10. The van der Waals surface area contributed by atoms with E-state index in [1.807, 2.05) is 20.8 Å². The van der Waals surface area contributed by atoms with Crippen LogP contribution in [0.3, 0.4) is 0 Å². The second-order valence-electron chi connectivity index (χ2n) is 13.4. The number of ether oxygens (including phenoxy) is 1. The van der Waals surface area contributed by atoms with Gasteiger partial charge in [-0.25, -0.2) is 4.79 Å². The van der Waals surface area contributed by atoms with Gasteiger partial charge in [-0.2, -0.15) is 0 Å². The van der Waals surface area contributed by atoms with Crippen LogP contribution < -0.4 is 0 Å². The maximum Gasteiger partial charge on any atom is 0.334 e. The van der Waals surface area contributed by atoms with Gasteiger partial charge in [-0.15, -0.1) is 0 Å². The minimum atomic E-state index is -2.07. The first-order valence-corrected chi connectivity index (χ1v) is 21.8. The quantitative estimate of drug-likeness (QED) is 0.0547. The molecule has 6 nitrogen and oxygen atoms in total. The summed E-state index contributed by atoms with van der Waals surface area (Å²) in [7, 11) is -4.05. The topological polar surface area (TPSA) is 78.9 Å². The van der Waals surface area contributed by atoms with Crippen LogP contribution in [-0.4, -0.2) is 52.5 Å². The largest absolute Gasteiger partial charge is 0.456 e. The van der Waals surface area contributed by atoms with E-state index in [0.717, 1.165) is 42.7 Å². The van der Waals surface area contributed by atoms with E-state index in [1.54, 1.807) is 20.8 Å². The molecule has 0 rings (SSSR count). The van der Waals surface area contributed by atoms with Gasteiger partial charge in [-0.3, -0.25) is 9.59 Å². The van der Waals surface area contributed by atoms with Crippen molar-refractivity contribution in [2.24, 2.45) is 17.3 Å². The lowest BCUT2D eigenvalue weighted by molar-refractivity contribution is -0.158. The third kappa shape index (κ3) is 10.5. The summed E-state index contributed by atoms with van der Waals surface area (Å²) >= 11 is 0. The summed E-state index contributed by atoms with van der Waals surface area (Å²) < 4.78 is 19.4. The smallest absolute Gasteiger partial charge is 0.334 e. The van der Waals surface area contributed by atoms with Gasteiger partial charge in [0.2, 0.25) is 11.6 Å². The summed E-state index contributed by atoms with van der Waals surface area (Å²) in [5, 5.41) is 0. The van der Waals surface area contributed by atoms with Crippen molar-refractivity contribution in [1.82, 2.24) is 0 Å². The molecule has 0 N–H and O–H groups in total. The number of ketones is 2. The predicted molar refractivity (Wildman–Crippen MR) is 181 cm³/mol. The van der Waals surface area contributed by atoms with Crippen molar-refractivity contribution >= 4 is 34.2 Å². The molecule has 0 aliphatic heterocycles. The number of hydrogen-bond donors (Lipinski definition) is 0. The van der Waals surface area contributed by atoms with Gasteiger partial charge in [0.15, 0.2) is 16.6 Å². The summed E-state index contributed by atoms with van der Waals surface area (Å²) in [6, 6.07) is 5.77. The van der Waals surface area contributed by atoms with Crippen molar-refractivity contribution in [3.63, 3.8) is 0 Å². The van der Waals surface area contributed by atoms with Crippen molar-refractivity contribution in [2.45, 2.75) is 171 Å². The van der Waals surface area contributed by atoms with Gasteiger partial charge in [0.25, 0.3) is 0 Å². The van der Waals surface area contributed by atoms with Gasteiger partial charge in [0.05, 0.1) is 11.5 Å². The average Bonchev–Trinajstić information content (AvgIpc) is 2.96. The van der Waals surface area contributed by atoms with Crippen LogP contribution in [0.2, 0.25) is 36.3 Å². The molecule has 42 heavy (non-hydrogen) atoms. The highest BCUT2D eigenvalue weighted by atomic mass is 28.4. The Bertz CT molecular complexity index is 885. The molecule has 0 aromatic rings. The summed E-state index contributed by atoms with van der Waals surface area (Å²) in [5.74, 6) is -0.939. The van der Waals surface area contributed by atoms with E-state index in [-0.39, 0.29) is 18.0 Å². The van der Waals surface area contributed by atoms with Gasteiger partial charge < -0.3 is 13.6 Å². The van der Waals surface area contributed by atoms with E-state index >= 15 is 0 Å². The van der Waals surface area contributed by atoms with Gasteiger partial charge in [0.1, 0.15) is 12.2 Å². The van der Waals surface area contributed by atoms with Crippen LogP contribution in [0, 0.1) is 17.3 Å². The second kappa shape index (κ2) is 18.0. The fourth-order valence-electron chi connectivity index (χ4n) is 6.00. The Morgan fingerprint density at radius 2 is 1.14 bits per heavy atom. The minimum absolute atomic E-state index is 0.00613. The van der Waals surface area contributed by atoms with E-state index in [0.29, 0.717) is 23.5 Å². The molecule has 0 aromatic carbocycles. The number of carbonyl (C=O) groups excluding carboxylic acids is 3. The lowest BCUT2D eigenvalue weighted by Crippen LogP contribution is -2.49. The number of Topliss-reactive ketones (excluding diaryl/α,β-unsaturated/α-hetero) is 2. The molecule has 3 unspecified atom stereocenters. The van der Waals surface area contributed by atoms with Crippen LogP contribution in [0.4, 0.5) is 0 Å². The van der Waals surface area contributed by atoms with Crippen LogP contribution in [0.15, 0.2) is 11.1 Å². The van der Waals surface area contributed by atoms with Crippen LogP contribution in [0.1, 0.15) is 117 Å². The highest BCUT2D eigenvalue weighted by molar-refractivity contribution is 6.74. The number of hydrogen-bond acceptors (Lipinski definition) is 6. The molecule has 0 saturated heterocycles. The molecule has 4 atom stereocenters. The monoisotopic (exact) mass is 626 g/mol. The van der Waals surface area contributed by atoms with Crippen LogP contribution in [-0.2, 0) is 28.0 Å². The highest BCUT2D eigenvalue weighted by Crippen LogP contribution is 2.35. The van der Waals surface area contributed by atoms with Crippen molar-refractivity contribution in [1.29, 1.82) is 0 Å². The van der Waals surface area contributed by atoms with E-state index in [9.17, 15) is 14.4 Å². The number of rotatable bonds is 21. The highest BCUT2D eigenvalue weighted by Gasteiger charge is 2.45. The Labute approximate surface area is 261 Å². The van der Waals surface area contributed by atoms with Gasteiger partial charge in [-0.05, 0) is 101 Å². The summed E-state index contributed by atoms with van der Waals surface area (Å²) in [5.41, 5.74) is -0.0450. The lowest BCUT2D eigenvalue weighted by Gasteiger charge is -2.40. The van der Waals surface area contributed by atoms with Crippen molar-refractivity contribution in [3.05, 3.63) is 11.1 Å². The van der Waals surface area contributed by atoms with Crippen LogP contribution in [0.25, 0.3) is 0 Å². The fourth-order valence-corrected chi connectivity index (χ4v) is 11.9. The predicted octanol–water partition coefficient (Wildman–Crippen LogP) is 9.29. The zero-order valence-corrected chi connectivity index (χ0v) is 32.0. The third-order valence-corrected chi connectivity index (χ3v) is 19.3. The molecule has 0 amide bonds. The Kier molecular flexibility index (Phi) is 17.5. The van der Waals surface area contributed by atoms with Gasteiger partial charge >= 0.3 is 5.97 Å². The van der Waals surface area contributed by atoms with Gasteiger partial charge in [0, 0.05) is 5.57 Å². The average molecular weight is 627 g/mol. The van der Waals surface area contributed by atoms with Gasteiger partial charge in [-0.1, -0.05) is 69.2 Å². The summed E-state index contributed by atoms with van der Waals surface area (Å²) in [6.45, 7) is 30.2. The lowest BCUT2D eigenvalue weighted by atomic mass is 9.77. The summed E-state index contributed by atoms with van der Waals surface area (Å²) in [6.07, 6.45) is -0.123. The van der Waals surface area contributed by atoms with E-state index < -0.39 is 45.8 Å². The standard InChI is InChI=1S/C34H66O6Si2/c1-16-29(39-41(17-2,18-3)19-4)34(14,15)32(36)30(35)27(12)26(11)28(13)38-33(37)31(25(10)23-24(8)9)40-42(20-5,21-6)22-7/h24-25,28-29,31H,16-23H2,1-15H3/b27-26+/t25-,28?,29?,31?/m0/s1. The molecule has 0 aliphatic rings. The number of esters is 1. The molecule has 0 aliphatic carbocycles. The minimum Gasteiger partial charge on any atom is -0.456 e. The van der Waals surface area contributed by atoms with Crippen molar-refractivity contribution in [2.75, 3.05) is 0 Å². The maximum atomic E-state index is 13.7. The first-order chi connectivity index (χ1) is 19.4. The molecule has 8 heteroatoms.